The lowest BCUT2D eigenvalue weighted by Gasteiger charge is -2.28. The summed E-state index contributed by atoms with van der Waals surface area (Å²) in [6, 6.07) is 7.85. The first-order valence-electron chi connectivity index (χ1n) is 8.57. The zero-order valence-electron chi connectivity index (χ0n) is 15.2. The Morgan fingerprint density at radius 2 is 1.83 bits per heavy atom. The third-order valence-corrected chi connectivity index (χ3v) is 4.03. The van der Waals surface area contributed by atoms with Gasteiger partial charge >= 0.3 is 5.97 Å². The van der Waals surface area contributed by atoms with Crippen LogP contribution in [0.1, 0.15) is 33.3 Å². The molecule has 5 nitrogen and oxygen atoms in total. The fourth-order valence-corrected chi connectivity index (χ4v) is 2.64. The van der Waals surface area contributed by atoms with Crippen LogP contribution < -0.4 is 4.74 Å². The number of nitrogens with zero attached hydrogens (tertiary/aromatic N) is 1. The van der Waals surface area contributed by atoms with Crippen LogP contribution in [-0.2, 0) is 19.7 Å². The molecular formula is C19H29NO4. The van der Waals surface area contributed by atoms with E-state index in [1.165, 1.54) is 5.56 Å². The lowest BCUT2D eigenvalue weighted by Crippen LogP contribution is -2.41. The van der Waals surface area contributed by atoms with Crippen LogP contribution in [-0.4, -0.2) is 56.4 Å². The molecule has 0 spiro atoms. The number of carbonyl (C=O) groups excluding carboxylic acids is 1. The summed E-state index contributed by atoms with van der Waals surface area (Å²) in [5.41, 5.74) is 1.34. The third kappa shape index (κ3) is 6.13. The Morgan fingerprint density at radius 3 is 2.42 bits per heavy atom. The van der Waals surface area contributed by atoms with Crippen molar-refractivity contribution in [3.05, 3.63) is 29.8 Å². The highest BCUT2D eigenvalue weighted by atomic mass is 16.6. The van der Waals surface area contributed by atoms with Gasteiger partial charge in [-0.1, -0.05) is 32.9 Å². The second-order valence-corrected chi connectivity index (χ2v) is 7.28. The van der Waals surface area contributed by atoms with Crippen LogP contribution >= 0.6 is 0 Å². The molecule has 24 heavy (non-hydrogen) atoms. The molecule has 1 atom stereocenters. The summed E-state index contributed by atoms with van der Waals surface area (Å²) in [6.07, 6.45) is -0.150. The van der Waals surface area contributed by atoms with E-state index in [-0.39, 0.29) is 24.1 Å². The zero-order valence-corrected chi connectivity index (χ0v) is 15.2. The van der Waals surface area contributed by atoms with Crippen LogP contribution in [0.3, 0.4) is 0 Å². The topological polar surface area (TPSA) is 48.0 Å². The molecule has 2 rings (SSSR count). The predicted molar refractivity (Wildman–Crippen MR) is 93.5 cm³/mol. The van der Waals surface area contributed by atoms with Gasteiger partial charge < -0.3 is 14.2 Å². The Morgan fingerprint density at radius 1 is 1.21 bits per heavy atom. The molecule has 1 fully saturated rings. The van der Waals surface area contributed by atoms with Crippen molar-refractivity contribution in [2.45, 2.75) is 39.2 Å². The van der Waals surface area contributed by atoms with Gasteiger partial charge in [-0.05, 0) is 30.0 Å². The Bertz CT molecular complexity index is 515. The average Bonchev–Trinajstić information content (AvgIpc) is 2.53. The molecule has 0 N–H and O–H groups in total. The summed E-state index contributed by atoms with van der Waals surface area (Å²) >= 11 is 0. The number of morpholine rings is 1. The van der Waals surface area contributed by atoms with Crippen LogP contribution in [0.25, 0.3) is 0 Å². The van der Waals surface area contributed by atoms with E-state index in [9.17, 15) is 4.79 Å². The van der Waals surface area contributed by atoms with Gasteiger partial charge in [-0.3, -0.25) is 4.90 Å². The Labute approximate surface area is 144 Å². The highest BCUT2D eigenvalue weighted by Gasteiger charge is 2.17. The van der Waals surface area contributed by atoms with Crippen molar-refractivity contribution in [2.75, 3.05) is 39.5 Å². The Balaban J connectivity index is 1.72. The monoisotopic (exact) mass is 335 g/mol. The van der Waals surface area contributed by atoms with Crippen LogP contribution in [0.2, 0.25) is 0 Å². The number of benzene rings is 1. The fraction of sp³-hybridized carbons (Fsp3) is 0.632. The quantitative estimate of drug-likeness (QED) is 0.748. The van der Waals surface area contributed by atoms with Crippen molar-refractivity contribution in [3.63, 3.8) is 0 Å². The summed E-state index contributed by atoms with van der Waals surface area (Å²) in [7, 11) is 0. The predicted octanol–water partition coefficient (Wildman–Crippen LogP) is 2.63. The summed E-state index contributed by atoms with van der Waals surface area (Å²) < 4.78 is 16.2. The summed E-state index contributed by atoms with van der Waals surface area (Å²) in [4.78, 5) is 14.1. The Hall–Kier alpha value is -1.59. The molecular weight excluding hydrogens is 306 g/mol. The highest BCUT2D eigenvalue weighted by molar-refractivity contribution is 5.71. The molecule has 5 heteroatoms. The van der Waals surface area contributed by atoms with Crippen molar-refractivity contribution in [2.24, 2.45) is 0 Å². The molecule has 0 aliphatic carbocycles. The molecule has 1 aromatic carbocycles. The van der Waals surface area contributed by atoms with Crippen LogP contribution in [0, 0.1) is 0 Å². The number of esters is 1. The van der Waals surface area contributed by atoms with E-state index in [2.05, 4.69) is 25.7 Å². The van der Waals surface area contributed by atoms with Crippen molar-refractivity contribution in [3.8, 4) is 5.75 Å². The second-order valence-electron chi connectivity index (χ2n) is 7.28. The maximum atomic E-state index is 11.9. The van der Waals surface area contributed by atoms with E-state index in [1.54, 1.807) is 0 Å². The molecule has 0 aromatic heterocycles. The first-order valence-corrected chi connectivity index (χ1v) is 8.57. The lowest BCUT2D eigenvalue weighted by atomic mass is 9.87. The van der Waals surface area contributed by atoms with Gasteiger partial charge in [0.15, 0.2) is 6.61 Å². The fourth-order valence-electron chi connectivity index (χ4n) is 2.64. The standard InChI is InChI=1S/C19H29NO4/c1-15(13-20-9-11-22-12-10-20)24-18(21)14-23-17-7-5-16(6-8-17)19(2,3)4/h5-8,15H,9-14H2,1-4H3. The van der Waals surface area contributed by atoms with Crippen LogP contribution in [0.4, 0.5) is 0 Å². The largest absolute Gasteiger partial charge is 0.482 e. The van der Waals surface area contributed by atoms with Crippen molar-refractivity contribution in [1.82, 2.24) is 4.90 Å². The van der Waals surface area contributed by atoms with E-state index >= 15 is 0 Å². The van der Waals surface area contributed by atoms with Crippen molar-refractivity contribution < 1.29 is 19.0 Å². The van der Waals surface area contributed by atoms with E-state index in [0.29, 0.717) is 5.75 Å². The van der Waals surface area contributed by atoms with E-state index < -0.39 is 0 Å². The molecule has 134 valence electrons. The number of rotatable bonds is 6. The van der Waals surface area contributed by atoms with E-state index in [4.69, 9.17) is 14.2 Å². The second kappa shape index (κ2) is 8.49. The molecule has 0 saturated carbocycles. The molecule has 0 bridgehead atoms. The maximum absolute atomic E-state index is 11.9. The highest BCUT2D eigenvalue weighted by Crippen LogP contribution is 2.24. The molecule has 1 aliphatic heterocycles. The first kappa shape index (κ1) is 18.7. The number of hydrogen-bond acceptors (Lipinski definition) is 5. The zero-order chi connectivity index (χ0) is 17.6. The van der Waals surface area contributed by atoms with Gasteiger partial charge in [-0.25, -0.2) is 4.79 Å². The normalized spacial score (nSPS) is 17.3. The molecule has 1 aromatic rings. The maximum Gasteiger partial charge on any atom is 0.344 e. The SMILES string of the molecule is CC(CN1CCOCC1)OC(=O)COc1ccc(C(C)(C)C)cc1. The molecule has 0 radical (unpaired) electrons. The molecule has 1 heterocycles. The minimum absolute atomic E-state index is 0.0671. The third-order valence-electron chi connectivity index (χ3n) is 4.03. The molecule has 0 amide bonds. The van der Waals surface area contributed by atoms with Gasteiger partial charge in [0.05, 0.1) is 13.2 Å². The first-order chi connectivity index (χ1) is 11.3. The Kier molecular flexibility index (Phi) is 6.63. The minimum Gasteiger partial charge on any atom is -0.482 e. The van der Waals surface area contributed by atoms with Crippen molar-refractivity contribution in [1.29, 1.82) is 0 Å². The lowest BCUT2D eigenvalue weighted by molar-refractivity contribution is -0.151. The van der Waals surface area contributed by atoms with Gasteiger partial charge in [0.2, 0.25) is 0 Å². The summed E-state index contributed by atoms with van der Waals surface area (Å²) in [5.74, 6) is 0.344. The molecule has 1 saturated heterocycles. The molecule has 1 unspecified atom stereocenters. The van der Waals surface area contributed by atoms with Crippen molar-refractivity contribution >= 4 is 5.97 Å². The van der Waals surface area contributed by atoms with E-state index in [1.807, 2.05) is 31.2 Å². The number of carbonyl (C=O) groups is 1. The average molecular weight is 335 g/mol. The van der Waals surface area contributed by atoms with E-state index in [0.717, 1.165) is 32.8 Å². The van der Waals surface area contributed by atoms with Gasteiger partial charge in [-0.15, -0.1) is 0 Å². The van der Waals surface area contributed by atoms with Gasteiger partial charge in [0.25, 0.3) is 0 Å². The van der Waals surface area contributed by atoms with Crippen LogP contribution in [0.15, 0.2) is 24.3 Å². The van der Waals surface area contributed by atoms with Gasteiger partial charge in [0, 0.05) is 19.6 Å². The molecule has 1 aliphatic rings. The number of ether oxygens (including phenoxy) is 3. The summed E-state index contributed by atoms with van der Waals surface area (Å²) in [6.45, 7) is 12.3. The number of hydrogen-bond donors (Lipinski definition) is 0. The summed E-state index contributed by atoms with van der Waals surface area (Å²) in [5, 5.41) is 0. The van der Waals surface area contributed by atoms with Gasteiger partial charge in [-0.2, -0.15) is 0 Å². The smallest absolute Gasteiger partial charge is 0.344 e. The minimum atomic E-state index is -0.337. The van der Waals surface area contributed by atoms with Gasteiger partial charge in [0.1, 0.15) is 11.9 Å². The van der Waals surface area contributed by atoms with Crippen LogP contribution in [0.5, 0.6) is 5.75 Å².